The number of aryl methyl sites for hydroxylation is 1. The molecule has 0 N–H and O–H groups in total. The molecule has 0 spiro atoms. The Morgan fingerprint density at radius 2 is 1.87 bits per heavy atom. The van der Waals surface area contributed by atoms with Crippen LogP contribution in [0.5, 0.6) is 0 Å². The fraction of sp³-hybridized carbons (Fsp3) is 0.238. The van der Waals surface area contributed by atoms with E-state index < -0.39 is 11.9 Å². The topological polar surface area (TPSA) is 65.6 Å². The van der Waals surface area contributed by atoms with Gasteiger partial charge in [0.05, 0.1) is 15.9 Å². The number of hydrogen-bond donors (Lipinski definition) is 0. The zero-order chi connectivity index (χ0) is 22.5. The molecular formula is C21H17ClF3N5O. The minimum absolute atomic E-state index is 0.00380. The third-order valence-electron chi connectivity index (χ3n) is 4.82. The van der Waals surface area contributed by atoms with E-state index in [-0.39, 0.29) is 34.0 Å². The van der Waals surface area contributed by atoms with Gasteiger partial charge in [-0.3, -0.25) is 9.36 Å². The summed E-state index contributed by atoms with van der Waals surface area (Å²) in [6, 6.07) is 8.70. The van der Waals surface area contributed by atoms with Crippen LogP contribution in [0.25, 0.3) is 28.2 Å². The average molecular weight is 448 g/mol. The first kappa shape index (κ1) is 21.0. The quantitative estimate of drug-likeness (QED) is 0.432. The van der Waals surface area contributed by atoms with E-state index in [0.717, 1.165) is 16.3 Å². The van der Waals surface area contributed by atoms with Gasteiger partial charge >= 0.3 is 6.18 Å². The van der Waals surface area contributed by atoms with Gasteiger partial charge in [0.15, 0.2) is 17.3 Å². The van der Waals surface area contributed by atoms with Crippen molar-refractivity contribution in [2.75, 3.05) is 0 Å². The molecule has 4 rings (SSSR count). The van der Waals surface area contributed by atoms with E-state index in [9.17, 15) is 18.0 Å². The first-order chi connectivity index (χ1) is 14.6. The van der Waals surface area contributed by atoms with E-state index in [2.05, 4.69) is 15.1 Å². The number of nitrogens with zero attached hydrogens (tertiary/aromatic N) is 5. The lowest BCUT2D eigenvalue weighted by atomic mass is 10.1. The van der Waals surface area contributed by atoms with Gasteiger partial charge in [-0.2, -0.15) is 18.3 Å². The number of aromatic nitrogens is 5. The van der Waals surface area contributed by atoms with Crippen LogP contribution in [0.3, 0.4) is 0 Å². The molecule has 3 heterocycles. The fourth-order valence-corrected chi connectivity index (χ4v) is 3.60. The molecule has 4 aromatic rings. The Balaban J connectivity index is 2.14. The van der Waals surface area contributed by atoms with Gasteiger partial charge in [-0.05, 0) is 44.5 Å². The molecule has 0 bridgehead atoms. The second kappa shape index (κ2) is 7.49. The van der Waals surface area contributed by atoms with Gasteiger partial charge in [0.1, 0.15) is 5.69 Å². The summed E-state index contributed by atoms with van der Waals surface area (Å²) in [5, 5.41) is 4.20. The lowest BCUT2D eigenvalue weighted by Crippen LogP contribution is -2.26. The molecule has 0 fully saturated rings. The van der Waals surface area contributed by atoms with Gasteiger partial charge < -0.3 is 0 Å². The van der Waals surface area contributed by atoms with Gasteiger partial charge in [0.2, 0.25) is 0 Å². The van der Waals surface area contributed by atoms with Crippen LogP contribution in [-0.4, -0.2) is 24.3 Å². The lowest BCUT2D eigenvalue weighted by molar-refractivity contribution is -0.141. The number of halogens is 4. The van der Waals surface area contributed by atoms with Crippen molar-refractivity contribution >= 4 is 22.5 Å². The predicted octanol–water partition coefficient (Wildman–Crippen LogP) is 5.21. The lowest BCUT2D eigenvalue weighted by Gasteiger charge is -2.18. The SMILES string of the molecule is Cc1cccc2c(=O)n(C(C)C)c(-c3cc(C(F)(F)F)nn3-c3ncccc3Cl)nc12. The number of rotatable bonds is 3. The highest BCUT2D eigenvalue weighted by molar-refractivity contribution is 6.32. The van der Waals surface area contributed by atoms with Crippen LogP contribution in [0.15, 0.2) is 47.4 Å². The molecule has 10 heteroatoms. The molecule has 0 atom stereocenters. The molecule has 3 aromatic heterocycles. The van der Waals surface area contributed by atoms with Crippen molar-refractivity contribution < 1.29 is 13.2 Å². The summed E-state index contributed by atoms with van der Waals surface area (Å²) < 4.78 is 43.0. The Labute approximate surface area is 179 Å². The molecule has 0 aliphatic rings. The summed E-state index contributed by atoms with van der Waals surface area (Å²) in [7, 11) is 0. The summed E-state index contributed by atoms with van der Waals surface area (Å²) in [6.07, 6.45) is -3.32. The zero-order valence-electron chi connectivity index (χ0n) is 16.8. The molecule has 160 valence electrons. The minimum atomic E-state index is -4.71. The molecule has 0 aliphatic heterocycles. The smallest absolute Gasteiger partial charge is 0.288 e. The number of hydrogen-bond acceptors (Lipinski definition) is 4. The van der Waals surface area contributed by atoms with Gasteiger partial charge in [0, 0.05) is 18.3 Å². The molecule has 0 radical (unpaired) electrons. The predicted molar refractivity (Wildman–Crippen MR) is 111 cm³/mol. The third-order valence-corrected chi connectivity index (χ3v) is 5.11. The third kappa shape index (κ3) is 3.59. The van der Waals surface area contributed by atoms with Crippen molar-refractivity contribution in [3.63, 3.8) is 0 Å². The Hall–Kier alpha value is -3.20. The Morgan fingerprint density at radius 1 is 1.13 bits per heavy atom. The first-order valence-corrected chi connectivity index (χ1v) is 9.77. The van der Waals surface area contributed by atoms with E-state index in [0.29, 0.717) is 10.9 Å². The molecule has 0 amide bonds. The molecule has 0 aliphatic carbocycles. The van der Waals surface area contributed by atoms with Crippen LogP contribution in [0.2, 0.25) is 5.02 Å². The number of benzene rings is 1. The summed E-state index contributed by atoms with van der Waals surface area (Å²) in [5.41, 5.74) is -0.396. The second-order valence-electron chi connectivity index (χ2n) is 7.31. The highest BCUT2D eigenvalue weighted by atomic mass is 35.5. The van der Waals surface area contributed by atoms with Gasteiger partial charge in [-0.15, -0.1) is 0 Å². The molecule has 31 heavy (non-hydrogen) atoms. The number of alkyl halides is 3. The minimum Gasteiger partial charge on any atom is -0.288 e. The van der Waals surface area contributed by atoms with Gasteiger partial charge in [0.25, 0.3) is 5.56 Å². The van der Waals surface area contributed by atoms with E-state index in [1.54, 1.807) is 45.0 Å². The Bertz CT molecular complexity index is 1360. The van der Waals surface area contributed by atoms with Crippen LogP contribution >= 0.6 is 11.6 Å². The normalized spacial score (nSPS) is 12.1. The number of para-hydroxylation sites is 1. The standard InChI is InChI=1S/C21H17ClF3N5O/c1-11(2)29-19(27-17-12(3)6-4-7-13(17)20(29)31)15-10-16(21(23,24)25)28-30(15)18-14(22)8-5-9-26-18/h4-11H,1-3H3. The van der Waals surface area contributed by atoms with Crippen molar-refractivity contribution in [2.24, 2.45) is 0 Å². The monoisotopic (exact) mass is 447 g/mol. The van der Waals surface area contributed by atoms with Crippen molar-refractivity contribution in [3.05, 3.63) is 69.2 Å². The fourth-order valence-electron chi connectivity index (χ4n) is 3.40. The summed E-state index contributed by atoms with van der Waals surface area (Å²) in [6.45, 7) is 5.30. The van der Waals surface area contributed by atoms with E-state index in [1.165, 1.54) is 16.8 Å². The second-order valence-corrected chi connectivity index (χ2v) is 7.72. The molecule has 6 nitrogen and oxygen atoms in total. The van der Waals surface area contributed by atoms with Crippen LogP contribution < -0.4 is 5.56 Å². The van der Waals surface area contributed by atoms with Crippen LogP contribution in [0.1, 0.15) is 31.1 Å². The summed E-state index contributed by atoms with van der Waals surface area (Å²) in [5.74, 6) is 0.0515. The summed E-state index contributed by atoms with van der Waals surface area (Å²) >= 11 is 6.20. The largest absolute Gasteiger partial charge is 0.435 e. The van der Waals surface area contributed by atoms with E-state index in [1.807, 2.05) is 0 Å². The van der Waals surface area contributed by atoms with Crippen molar-refractivity contribution in [1.29, 1.82) is 0 Å². The van der Waals surface area contributed by atoms with Crippen molar-refractivity contribution in [2.45, 2.75) is 33.0 Å². The Kier molecular flexibility index (Phi) is 5.09. The van der Waals surface area contributed by atoms with Gasteiger partial charge in [-0.1, -0.05) is 23.7 Å². The van der Waals surface area contributed by atoms with Crippen LogP contribution in [0.4, 0.5) is 13.2 Å². The number of pyridine rings is 1. The van der Waals surface area contributed by atoms with E-state index >= 15 is 0 Å². The molecule has 0 saturated carbocycles. The van der Waals surface area contributed by atoms with Gasteiger partial charge in [-0.25, -0.2) is 14.6 Å². The van der Waals surface area contributed by atoms with Crippen molar-refractivity contribution in [1.82, 2.24) is 24.3 Å². The average Bonchev–Trinajstić information content (AvgIpc) is 3.14. The first-order valence-electron chi connectivity index (χ1n) is 9.40. The van der Waals surface area contributed by atoms with E-state index in [4.69, 9.17) is 11.6 Å². The maximum Gasteiger partial charge on any atom is 0.435 e. The maximum atomic E-state index is 13.6. The van der Waals surface area contributed by atoms with Crippen LogP contribution in [-0.2, 0) is 6.18 Å². The molecule has 1 aromatic carbocycles. The highest BCUT2D eigenvalue weighted by Crippen LogP contribution is 2.34. The summed E-state index contributed by atoms with van der Waals surface area (Å²) in [4.78, 5) is 22.0. The molecule has 0 saturated heterocycles. The Morgan fingerprint density at radius 3 is 2.52 bits per heavy atom. The highest BCUT2D eigenvalue weighted by Gasteiger charge is 2.36. The van der Waals surface area contributed by atoms with Crippen molar-refractivity contribution in [3.8, 4) is 17.3 Å². The molecular weight excluding hydrogens is 431 g/mol. The van der Waals surface area contributed by atoms with Crippen LogP contribution in [0, 0.1) is 6.92 Å². The zero-order valence-corrected chi connectivity index (χ0v) is 17.5. The molecule has 0 unspecified atom stereocenters. The maximum absolute atomic E-state index is 13.6. The number of fused-ring (bicyclic) bond motifs is 1.